The zero-order valence-electron chi connectivity index (χ0n) is 15.6. The van der Waals surface area contributed by atoms with E-state index in [1.54, 1.807) is 29.5 Å². The second kappa shape index (κ2) is 9.62. The lowest BCUT2D eigenvalue weighted by molar-refractivity contribution is -0.143. The van der Waals surface area contributed by atoms with Gasteiger partial charge in [-0.1, -0.05) is 30.1 Å². The summed E-state index contributed by atoms with van der Waals surface area (Å²) in [5, 5.41) is 0.676. The molecule has 1 unspecified atom stereocenters. The van der Waals surface area contributed by atoms with Crippen molar-refractivity contribution in [1.29, 1.82) is 0 Å². The van der Waals surface area contributed by atoms with Gasteiger partial charge in [-0.25, -0.2) is 0 Å². The molecule has 0 bridgehead atoms. The number of carbonyl (C=O) groups is 2. The number of halogens is 2. The van der Waals surface area contributed by atoms with Crippen LogP contribution in [0.4, 0.5) is 0 Å². The first-order chi connectivity index (χ1) is 12.4. The molecule has 1 atom stereocenters. The molecule has 2 rings (SSSR count). The fraction of sp³-hybridized carbons (Fsp3) is 0.667. The standard InChI is InChI=1S/C18H27Cl2N3O3/c1-4-22-9-6-7-13(22)12-23(10-8-16(24)26-5-2)18(25)15-11-14(19)17(20)21(15)3/h11,13H,4-10,12H2,1-3H3. The van der Waals surface area contributed by atoms with Crippen LogP contribution in [0.3, 0.4) is 0 Å². The minimum Gasteiger partial charge on any atom is -0.466 e. The summed E-state index contributed by atoms with van der Waals surface area (Å²) in [6.45, 7) is 7.11. The number of likely N-dealkylation sites (tertiary alicyclic amines) is 1. The first kappa shape index (κ1) is 21.1. The van der Waals surface area contributed by atoms with E-state index in [0.717, 1.165) is 25.9 Å². The molecule has 1 fully saturated rings. The van der Waals surface area contributed by atoms with Crippen molar-refractivity contribution in [2.75, 3.05) is 32.8 Å². The number of hydrogen-bond donors (Lipinski definition) is 0. The van der Waals surface area contributed by atoms with Gasteiger partial charge in [0.05, 0.1) is 18.1 Å². The smallest absolute Gasteiger partial charge is 0.307 e. The van der Waals surface area contributed by atoms with Crippen molar-refractivity contribution in [2.24, 2.45) is 7.05 Å². The summed E-state index contributed by atoms with van der Waals surface area (Å²) in [5.74, 6) is -0.472. The Bertz CT molecular complexity index is 648. The normalized spacial score (nSPS) is 17.5. The molecule has 6 nitrogen and oxygen atoms in total. The molecule has 0 aliphatic carbocycles. The van der Waals surface area contributed by atoms with Gasteiger partial charge in [0, 0.05) is 26.2 Å². The molecule has 0 N–H and O–H groups in total. The van der Waals surface area contributed by atoms with E-state index in [9.17, 15) is 9.59 Å². The largest absolute Gasteiger partial charge is 0.466 e. The number of carbonyl (C=O) groups excluding carboxylic acids is 2. The average molecular weight is 404 g/mol. The van der Waals surface area contributed by atoms with Gasteiger partial charge in [-0.2, -0.15) is 0 Å². The van der Waals surface area contributed by atoms with Crippen LogP contribution in [0.15, 0.2) is 6.07 Å². The van der Waals surface area contributed by atoms with Crippen LogP contribution in [0.2, 0.25) is 10.2 Å². The first-order valence-corrected chi connectivity index (χ1v) is 9.84. The predicted molar refractivity (Wildman–Crippen MR) is 103 cm³/mol. The Morgan fingerprint density at radius 1 is 1.35 bits per heavy atom. The zero-order chi connectivity index (χ0) is 19.3. The highest BCUT2D eigenvalue weighted by Gasteiger charge is 2.29. The Morgan fingerprint density at radius 3 is 2.65 bits per heavy atom. The Hall–Kier alpha value is -1.24. The molecule has 1 saturated heterocycles. The summed E-state index contributed by atoms with van der Waals surface area (Å²) in [6.07, 6.45) is 2.34. The Balaban J connectivity index is 2.16. The van der Waals surface area contributed by atoms with E-state index < -0.39 is 0 Å². The van der Waals surface area contributed by atoms with Crippen LogP contribution in [-0.2, 0) is 16.6 Å². The van der Waals surface area contributed by atoms with Gasteiger partial charge in [-0.15, -0.1) is 0 Å². The van der Waals surface area contributed by atoms with E-state index >= 15 is 0 Å². The SMILES string of the molecule is CCOC(=O)CCN(CC1CCCN1CC)C(=O)c1cc(Cl)c(Cl)n1C. The summed E-state index contributed by atoms with van der Waals surface area (Å²) in [5.41, 5.74) is 0.421. The van der Waals surface area contributed by atoms with Gasteiger partial charge in [0.2, 0.25) is 0 Å². The zero-order valence-corrected chi connectivity index (χ0v) is 17.1. The molecular weight excluding hydrogens is 377 g/mol. The van der Waals surface area contributed by atoms with E-state index in [0.29, 0.717) is 41.6 Å². The monoisotopic (exact) mass is 403 g/mol. The molecule has 1 aromatic heterocycles. The Kier molecular flexibility index (Phi) is 7.80. The van der Waals surface area contributed by atoms with Gasteiger partial charge >= 0.3 is 5.97 Å². The number of amides is 1. The van der Waals surface area contributed by atoms with Gasteiger partial charge in [-0.3, -0.25) is 14.5 Å². The fourth-order valence-corrected chi connectivity index (χ4v) is 3.79. The fourth-order valence-electron chi connectivity index (χ4n) is 3.42. The number of rotatable bonds is 8. The molecule has 8 heteroatoms. The van der Waals surface area contributed by atoms with Crippen molar-refractivity contribution in [3.8, 4) is 0 Å². The van der Waals surface area contributed by atoms with Crippen LogP contribution in [0, 0.1) is 0 Å². The van der Waals surface area contributed by atoms with Crippen molar-refractivity contribution in [3.05, 3.63) is 21.9 Å². The van der Waals surface area contributed by atoms with E-state index in [1.165, 1.54) is 0 Å². The molecule has 0 saturated carbocycles. The predicted octanol–water partition coefficient (Wildman–Crippen LogP) is 3.21. The number of nitrogens with zero attached hydrogens (tertiary/aromatic N) is 3. The van der Waals surface area contributed by atoms with Gasteiger partial charge < -0.3 is 14.2 Å². The van der Waals surface area contributed by atoms with Gasteiger partial charge in [-0.05, 0) is 38.9 Å². The van der Waals surface area contributed by atoms with Gasteiger partial charge in [0.1, 0.15) is 10.8 Å². The summed E-state index contributed by atoms with van der Waals surface area (Å²) in [7, 11) is 1.71. The molecule has 1 aliphatic heterocycles. The molecule has 2 heterocycles. The van der Waals surface area contributed by atoms with E-state index in [4.69, 9.17) is 27.9 Å². The van der Waals surface area contributed by atoms with Crippen molar-refractivity contribution >= 4 is 35.1 Å². The van der Waals surface area contributed by atoms with Crippen molar-refractivity contribution in [3.63, 3.8) is 0 Å². The second-order valence-electron chi connectivity index (χ2n) is 6.46. The van der Waals surface area contributed by atoms with Crippen LogP contribution in [0.25, 0.3) is 0 Å². The van der Waals surface area contributed by atoms with Crippen LogP contribution in [0.1, 0.15) is 43.6 Å². The van der Waals surface area contributed by atoms with Gasteiger partial charge in [0.15, 0.2) is 0 Å². The van der Waals surface area contributed by atoms with Crippen molar-refractivity contribution < 1.29 is 14.3 Å². The third-order valence-corrected chi connectivity index (χ3v) is 5.69. The molecule has 146 valence electrons. The lowest BCUT2D eigenvalue weighted by Crippen LogP contribution is -2.44. The highest BCUT2D eigenvalue weighted by atomic mass is 35.5. The number of esters is 1. The molecule has 1 amide bonds. The molecule has 26 heavy (non-hydrogen) atoms. The highest BCUT2D eigenvalue weighted by molar-refractivity contribution is 6.41. The summed E-state index contributed by atoms with van der Waals surface area (Å²) >= 11 is 12.2. The topological polar surface area (TPSA) is 54.8 Å². The maximum atomic E-state index is 13.1. The number of likely N-dealkylation sites (N-methyl/N-ethyl adjacent to an activating group) is 1. The Labute approximate surface area is 165 Å². The summed E-state index contributed by atoms with van der Waals surface area (Å²) < 4.78 is 6.58. The van der Waals surface area contributed by atoms with Crippen LogP contribution >= 0.6 is 23.2 Å². The molecule has 0 aromatic carbocycles. The van der Waals surface area contributed by atoms with E-state index in [1.807, 2.05) is 0 Å². The number of ether oxygens (including phenoxy) is 1. The minimum absolute atomic E-state index is 0.171. The van der Waals surface area contributed by atoms with Crippen LogP contribution in [-0.4, -0.2) is 65.1 Å². The summed E-state index contributed by atoms with van der Waals surface area (Å²) in [4.78, 5) is 29.0. The van der Waals surface area contributed by atoms with E-state index in [2.05, 4.69) is 11.8 Å². The maximum absolute atomic E-state index is 13.1. The number of aromatic nitrogens is 1. The molecule has 1 aromatic rings. The minimum atomic E-state index is -0.299. The highest BCUT2D eigenvalue weighted by Crippen LogP contribution is 2.26. The van der Waals surface area contributed by atoms with Crippen molar-refractivity contribution in [1.82, 2.24) is 14.4 Å². The quantitative estimate of drug-likeness (QED) is 0.625. The number of hydrogen-bond acceptors (Lipinski definition) is 4. The van der Waals surface area contributed by atoms with E-state index in [-0.39, 0.29) is 18.3 Å². The second-order valence-corrected chi connectivity index (χ2v) is 7.22. The first-order valence-electron chi connectivity index (χ1n) is 9.08. The molecule has 1 aliphatic rings. The van der Waals surface area contributed by atoms with Crippen LogP contribution < -0.4 is 0 Å². The average Bonchev–Trinajstić information content (AvgIpc) is 3.17. The van der Waals surface area contributed by atoms with Crippen LogP contribution in [0.5, 0.6) is 0 Å². The maximum Gasteiger partial charge on any atom is 0.307 e. The lowest BCUT2D eigenvalue weighted by Gasteiger charge is -2.30. The third-order valence-electron chi connectivity index (χ3n) is 4.85. The lowest BCUT2D eigenvalue weighted by atomic mass is 10.2. The molecular formula is C18H27Cl2N3O3. The summed E-state index contributed by atoms with van der Waals surface area (Å²) in [6, 6.07) is 1.88. The van der Waals surface area contributed by atoms with Crippen molar-refractivity contribution in [2.45, 2.75) is 39.2 Å². The molecule has 0 spiro atoms. The molecule has 0 radical (unpaired) electrons. The third kappa shape index (κ3) is 4.93. The van der Waals surface area contributed by atoms with Gasteiger partial charge in [0.25, 0.3) is 5.91 Å². The Morgan fingerprint density at radius 2 is 2.08 bits per heavy atom.